The summed E-state index contributed by atoms with van der Waals surface area (Å²) in [5.41, 5.74) is 6.66. The molecule has 0 aliphatic carbocycles. The van der Waals surface area contributed by atoms with Crippen molar-refractivity contribution in [2.45, 2.75) is 20.8 Å². The molecule has 1 aromatic rings. The van der Waals surface area contributed by atoms with Gasteiger partial charge in [-0.25, -0.2) is 0 Å². The first-order valence-corrected chi connectivity index (χ1v) is 6.70. The lowest BCUT2D eigenvalue weighted by atomic mass is 9.93. The topological polar surface area (TPSA) is 84.2 Å². The first-order chi connectivity index (χ1) is 9.36. The number of aryl methyl sites for hydroxylation is 1. The molecular weight excluding hydrogens is 290 g/mol. The molecule has 0 unspecified atom stereocenters. The fraction of sp³-hybridized carbons (Fsp3) is 0.467. The zero-order chi connectivity index (χ0) is 15.2. The van der Waals surface area contributed by atoms with Gasteiger partial charge in [0.15, 0.2) is 0 Å². The number of carbonyl (C=O) groups excluding carboxylic acids is 2. The number of nitrogens with one attached hydrogen (secondary N) is 2. The molecule has 6 heteroatoms. The summed E-state index contributed by atoms with van der Waals surface area (Å²) in [7, 11) is 0. The average molecular weight is 314 g/mol. The van der Waals surface area contributed by atoms with Crippen molar-refractivity contribution in [1.29, 1.82) is 0 Å². The Balaban J connectivity index is 0.00000400. The summed E-state index contributed by atoms with van der Waals surface area (Å²) < 4.78 is 0. The maximum Gasteiger partial charge on any atom is 0.251 e. The van der Waals surface area contributed by atoms with Gasteiger partial charge < -0.3 is 16.4 Å². The van der Waals surface area contributed by atoms with Crippen LogP contribution in [0.15, 0.2) is 24.3 Å². The monoisotopic (exact) mass is 313 g/mol. The van der Waals surface area contributed by atoms with Gasteiger partial charge in [0.1, 0.15) is 0 Å². The molecule has 0 aromatic heterocycles. The molecule has 0 aliphatic heterocycles. The van der Waals surface area contributed by atoms with Crippen LogP contribution in [0.25, 0.3) is 0 Å². The van der Waals surface area contributed by atoms with Gasteiger partial charge in [0.2, 0.25) is 5.91 Å². The maximum absolute atomic E-state index is 11.8. The average Bonchev–Trinajstić information content (AvgIpc) is 2.43. The van der Waals surface area contributed by atoms with E-state index >= 15 is 0 Å². The summed E-state index contributed by atoms with van der Waals surface area (Å²) in [5, 5.41) is 5.51. The van der Waals surface area contributed by atoms with E-state index in [-0.39, 0.29) is 30.8 Å². The molecule has 0 saturated heterocycles. The van der Waals surface area contributed by atoms with Crippen LogP contribution < -0.4 is 16.4 Å². The second-order valence-electron chi connectivity index (χ2n) is 5.47. The van der Waals surface area contributed by atoms with Crippen LogP contribution in [0.2, 0.25) is 0 Å². The van der Waals surface area contributed by atoms with Crippen molar-refractivity contribution in [3.05, 3.63) is 35.4 Å². The second kappa shape index (κ2) is 8.64. The third-order valence-corrected chi connectivity index (χ3v) is 3.13. The smallest absolute Gasteiger partial charge is 0.251 e. The summed E-state index contributed by atoms with van der Waals surface area (Å²) in [6.07, 6.45) is 0. The minimum absolute atomic E-state index is 0. The molecule has 0 saturated carbocycles. The van der Waals surface area contributed by atoms with Gasteiger partial charge >= 0.3 is 0 Å². The van der Waals surface area contributed by atoms with Gasteiger partial charge in [0, 0.05) is 25.2 Å². The van der Waals surface area contributed by atoms with E-state index in [0.717, 1.165) is 5.56 Å². The first-order valence-electron chi connectivity index (χ1n) is 6.70. The third-order valence-electron chi connectivity index (χ3n) is 3.13. The van der Waals surface area contributed by atoms with Crippen LogP contribution in [0.5, 0.6) is 0 Å². The number of hydrogen-bond acceptors (Lipinski definition) is 3. The van der Waals surface area contributed by atoms with E-state index in [1.807, 2.05) is 19.1 Å². The predicted octanol–water partition coefficient (Wildman–Crippen LogP) is 1.25. The predicted molar refractivity (Wildman–Crippen MR) is 86.6 cm³/mol. The fourth-order valence-corrected chi connectivity index (χ4v) is 1.49. The number of rotatable bonds is 6. The first kappa shape index (κ1) is 19.4. The van der Waals surface area contributed by atoms with E-state index in [1.54, 1.807) is 26.0 Å². The largest absolute Gasteiger partial charge is 0.354 e. The number of carbonyl (C=O) groups is 2. The maximum atomic E-state index is 11.8. The summed E-state index contributed by atoms with van der Waals surface area (Å²) in [6.45, 7) is 6.60. The molecule has 1 rings (SSSR count). The highest BCUT2D eigenvalue weighted by Gasteiger charge is 2.24. The standard InChI is InChI=1S/C15H23N3O2.ClH/c1-11-4-6-12(7-5-11)13(19)17-8-9-18-14(20)15(2,3)10-16;/h4-7H,8-10,16H2,1-3H3,(H,17,19)(H,18,20);1H. The molecule has 0 aliphatic rings. The zero-order valence-electron chi connectivity index (χ0n) is 12.7. The highest BCUT2D eigenvalue weighted by atomic mass is 35.5. The number of nitrogens with two attached hydrogens (primary N) is 1. The molecule has 1 aromatic carbocycles. The lowest BCUT2D eigenvalue weighted by Crippen LogP contribution is -2.44. The van der Waals surface area contributed by atoms with Gasteiger partial charge in [-0.15, -0.1) is 12.4 Å². The molecule has 0 bridgehead atoms. The van der Waals surface area contributed by atoms with Gasteiger partial charge in [-0.05, 0) is 32.9 Å². The minimum Gasteiger partial charge on any atom is -0.354 e. The SMILES string of the molecule is Cc1ccc(C(=O)NCCNC(=O)C(C)(C)CN)cc1.Cl. The van der Waals surface area contributed by atoms with Gasteiger partial charge in [-0.1, -0.05) is 17.7 Å². The van der Waals surface area contributed by atoms with Crippen LogP contribution in [-0.4, -0.2) is 31.4 Å². The molecule has 4 N–H and O–H groups in total. The van der Waals surface area contributed by atoms with E-state index < -0.39 is 5.41 Å². The van der Waals surface area contributed by atoms with Gasteiger partial charge in [-0.3, -0.25) is 9.59 Å². The van der Waals surface area contributed by atoms with E-state index in [4.69, 9.17) is 5.73 Å². The van der Waals surface area contributed by atoms with Crippen molar-refractivity contribution in [2.75, 3.05) is 19.6 Å². The zero-order valence-corrected chi connectivity index (χ0v) is 13.5. The quantitative estimate of drug-likeness (QED) is 0.691. The summed E-state index contributed by atoms with van der Waals surface area (Å²) in [4.78, 5) is 23.6. The third kappa shape index (κ3) is 6.14. The van der Waals surface area contributed by atoms with Crippen molar-refractivity contribution in [1.82, 2.24) is 10.6 Å². The van der Waals surface area contributed by atoms with Crippen LogP contribution >= 0.6 is 12.4 Å². The molecule has 0 heterocycles. The van der Waals surface area contributed by atoms with Gasteiger partial charge in [-0.2, -0.15) is 0 Å². The second-order valence-corrected chi connectivity index (χ2v) is 5.47. The van der Waals surface area contributed by atoms with E-state index in [2.05, 4.69) is 10.6 Å². The van der Waals surface area contributed by atoms with Crippen molar-refractivity contribution in [2.24, 2.45) is 11.1 Å². The highest BCUT2D eigenvalue weighted by molar-refractivity contribution is 5.94. The molecule has 0 radical (unpaired) electrons. The number of benzene rings is 1. The van der Waals surface area contributed by atoms with Crippen molar-refractivity contribution in [3.8, 4) is 0 Å². The molecule has 5 nitrogen and oxygen atoms in total. The van der Waals surface area contributed by atoms with Crippen LogP contribution in [0.1, 0.15) is 29.8 Å². The van der Waals surface area contributed by atoms with Crippen LogP contribution in [0.4, 0.5) is 0 Å². The molecule has 0 spiro atoms. The van der Waals surface area contributed by atoms with Gasteiger partial charge in [0.25, 0.3) is 5.91 Å². The Bertz CT molecular complexity index is 472. The Morgan fingerprint density at radius 3 is 2.14 bits per heavy atom. The minimum atomic E-state index is -0.582. The van der Waals surface area contributed by atoms with E-state index in [1.165, 1.54) is 0 Å². The molecular formula is C15H24ClN3O2. The Morgan fingerprint density at radius 1 is 1.10 bits per heavy atom. The summed E-state index contributed by atoms with van der Waals surface area (Å²) in [5.74, 6) is -0.248. The Hall–Kier alpha value is -1.59. The lowest BCUT2D eigenvalue weighted by molar-refractivity contribution is -0.128. The lowest BCUT2D eigenvalue weighted by Gasteiger charge is -2.21. The number of hydrogen-bond donors (Lipinski definition) is 3. The van der Waals surface area contributed by atoms with Crippen LogP contribution in [-0.2, 0) is 4.79 Å². The van der Waals surface area contributed by atoms with Crippen molar-refractivity contribution < 1.29 is 9.59 Å². The Labute approximate surface area is 132 Å². The summed E-state index contributed by atoms with van der Waals surface area (Å²) in [6, 6.07) is 7.34. The Kier molecular flexibility index (Phi) is 7.99. The van der Waals surface area contributed by atoms with Crippen LogP contribution in [0, 0.1) is 12.3 Å². The van der Waals surface area contributed by atoms with E-state index in [9.17, 15) is 9.59 Å². The number of amides is 2. The molecule has 2 amide bonds. The highest BCUT2D eigenvalue weighted by Crippen LogP contribution is 2.11. The molecule has 21 heavy (non-hydrogen) atoms. The van der Waals surface area contributed by atoms with Crippen molar-refractivity contribution >= 4 is 24.2 Å². The van der Waals surface area contributed by atoms with Crippen molar-refractivity contribution in [3.63, 3.8) is 0 Å². The summed E-state index contributed by atoms with van der Waals surface area (Å²) >= 11 is 0. The Morgan fingerprint density at radius 2 is 1.62 bits per heavy atom. The fourth-order valence-electron chi connectivity index (χ4n) is 1.49. The normalized spacial score (nSPS) is 10.5. The van der Waals surface area contributed by atoms with Crippen LogP contribution in [0.3, 0.4) is 0 Å². The van der Waals surface area contributed by atoms with E-state index in [0.29, 0.717) is 18.7 Å². The van der Waals surface area contributed by atoms with Gasteiger partial charge in [0.05, 0.1) is 5.41 Å². The molecule has 0 atom stereocenters. The molecule has 118 valence electrons. The number of halogens is 1. The molecule has 0 fully saturated rings.